The summed E-state index contributed by atoms with van der Waals surface area (Å²) in [5.74, 6) is -1.40. The van der Waals surface area contributed by atoms with Crippen molar-refractivity contribution in [2.75, 3.05) is 0 Å². The van der Waals surface area contributed by atoms with Gasteiger partial charge in [-0.25, -0.2) is 4.39 Å². The minimum absolute atomic E-state index is 0.189. The van der Waals surface area contributed by atoms with Gasteiger partial charge in [-0.15, -0.1) is 0 Å². The summed E-state index contributed by atoms with van der Waals surface area (Å²) in [6, 6.07) is 5.71. The molecule has 0 aromatic heterocycles. The molecule has 0 saturated heterocycles. The van der Waals surface area contributed by atoms with Crippen LogP contribution in [0.25, 0.3) is 0 Å². The molecule has 3 N–H and O–H groups in total. The van der Waals surface area contributed by atoms with E-state index >= 15 is 0 Å². The Morgan fingerprint density at radius 2 is 2.12 bits per heavy atom. The fourth-order valence-corrected chi connectivity index (χ4v) is 1.74. The second kappa shape index (κ2) is 4.61. The van der Waals surface area contributed by atoms with Gasteiger partial charge in [0.25, 0.3) is 0 Å². The smallest absolute Gasteiger partial charge is 0.304 e. The number of carbonyl (C=O) groups is 1. The normalized spacial score (nSPS) is 16.5. The molecular weight excluding hydrogens is 209 g/mol. The summed E-state index contributed by atoms with van der Waals surface area (Å²) in [6.07, 6.45) is -0.189. The van der Waals surface area contributed by atoms with Crippen LogP contribution in [-0.2, 0) is 10.2 Å². The van der Waals surface area contributed by atoms with E-state index in [2.05, 4.69) is 0 Å². The van der Waals surface area contributed by atoms with Gasteiger partial charge in [-0.05, 0) is 18.6 Å². The van der Waals surface area contributed by atoms with Crippen LogP contribution in [0.4, 0.5) is 4.39 Å². The Morgan fingerprint density at radius 3 is 2.56 bits per heavy atom. The first kappa shape index (κ1) is 12.6. The topological polar surface area (TPSA) is 63.3 Å². The first-order valence-electron chi connectivity index (χ1n) is 5.10. The Hall–Kier alpha value is -1.42. The Labute approximate surface area is 94.1 Å². The van der Waals surface area contributed by atoms with E-state index in [1.807, 2.05) is 0 Å². The van der Waals surface area contributed by atoms with Crippen molar-refractivity contribution >= 4 is 5.97 Å². The molecule has 0 saturated carbocycles. The number of aliphatic carboxylic acids is 1. The summed E-state index contributed by atoms with van der Waals surface area (Å²) < 4.78 is 13.6. The lowest BCUT2D eigenvalue weighted by Crippen LogP contribution is -2.43. The third kappa shape index (κ3) is 2.39. The minimum Gasteiger partial charge on any atom is -0.481 e. The summed E-state index contributed by atoms with van der Waals surface area (Å²) in [5, 5.41) is 8.87. The van der Waals surface area contributed by atoms with Crippen molar-refractivity contribution in [3.8, 4) is 0 Å². The molecule has 4 heteroatoms. The van der Waals surface area contributed by atoms with Crippen LogP contribution in [0, 0.1) is 5.82 Å². The van der Waals surface area contributed by atoms with Crippen LogP contribution in [-0.4, -0.2) is 17.1 Å². The predicted molar refractivity (Wildman–Crippen MR) is 59.7 cm³/mol. The highest BCUT2D eigenvalue weighted by Gasteiger charge is 2.35. The fraction of sp³-hybridized carbons (Fsp3) is 0.417. The molecule has 0 aliphatic carbocycles. The number of halogens is 1. The number of benzene rings is 1. The Balaban J connectivity index is 3.21. The fourth-order valence-electron chi connectivity index (χ4n) is 1.74. The summed E-state index contributed by atoms with van der Waals surface area (Å²) in [7, 11) is 0. The standard InChI is InChI=1S/C12H16FNO2/c1-8(14)12(2,7-11(15)16)9-5-3-4-6-10(9)13/h3-6,8H,7,14H2,1-2H3,(H,15,16). The molecule has 16 heavy (non-hydrogen) atoms. The predicted octanol–water partition coefficient (Wildman–Crippen LogP) is 1.91. The van der Waals surface area contributed by atoms with Crippen molar-refractivity contribution in [3.05, 3.63) is 35.6 Å². The zero-order chi connectivity index (χ0) is 12.3. The molecule has 2 atom stereocenters. The number of rotatable bonds is 4. The first-order valence-corrected chi connectivity index (χ1v) is 5.10. The van der Waals surface area contributed by atoms with Crippen LogP contribution in [0.5, 0.6) is 0 Å². The van der Waals surface area contributed by atoms with Gasteiger partial charge in [-0.3, -0.25) is 4.79 Å². The molecule has 1 aromatic carbocycles. The molecule has 1 rings (SSSR count). The molecule has 2 unspecified atom stereocenters. The largest absolute Gasteiger partial charge is 0.481 e. The zero-order valence-electron chi connectivity index (χ0n) is 9.40. The van der Waals surface area contributed by atoms with Gasteiger partial charge in [-0.1, -0.05) is 25.1 Å². The van der Waals surface area contributed by atoms with E-state index in [4.69, 9.17) is 10.8 Å². The summed E-state index contributed by atoms with van der Waals surface area (Å²) in [6.45, 7) is 3.36. The van der Waals surface area contributed by atoms with Crippen LogP contribution in [0.2, 0.25) is 0 Å². The molecule has 0 aliphatic heterocycles. The van der Waals surface area contributed by atoms with E-state index in [-0.39, 0.29) is 6.42 Å². The van der Waals surface area contributed by atoms with Gasteiger partial charge in [0.1, 0.15) is 5.82 Å². The van der Waals surface area contributed by atoms with Crippen molar-refractivity contribution in [1.29, 1.82) is 0 Å². The molecule has 0 amide bonds. The molecule has 88 valence electrons. The van der Waals surface area contributed by atoms with Crippen molar-refractivity contribution < 1.29 is 14.3 Å². The van der Waals surface area contributed by atoms with E-state index in [0.717, 1.165) is 0 Å². The molecule has 0 fully saturated rings. The number of hydrogen-bond acceptors (Lipinski definition) is 2. The second-order valence-corrected chi connectivity index (χ2v) is 4.26. The van der Waals surface area contributed by atoms with Crippen LogP contribution in [0.15, 0.2) is 24.3 Å². The highest BCUT2D eigenvalue weighted by atomic mass is 19.1. The van der Waals surface area contributed by atoms with Crippen LogP contribution in [0.1, 0.15) is 25.8 Å². The Morgan fingerprint density at radius 1 is 1.56 bits per heavy atom. The molecule has 0 bridgehead atoms. The Bertz CT molecular complexity index is 392. The van der Waals surface area contributed by atoms with Crippen LogP contribution in [0.3, 0.4) is 0 Å². The molecule has 3 nitrogen and oxygen atoms in total. The van der Waals surface area contributed by atoms with E-state index in [0.29, 0.717) is 5.56 Å². The van der Waals surface area contributed by atoms with Gasteiger partial charge in [0.05, 0.1) is 6.42 Å². The molecule has 0 radical (unpaired) electrons. The summed E-state index contributed by atoms with van der Waals surface area (Å²) >= 11 is 0. The monoisotopic (exact) mass is 225 g/mol. The van der Waals surface area contributed by atoms with Gasteiger partial charge in [0, 0.05) is 11.5 Å². The van der Waals surface area contributed by atoms with Crippen LogP contribution < -0.4 is 5.73 Å². The molecule has 0 heterocycles. The maximum Gasteiger partial charge on any atom is 0.304 e. The lowest BCUT2D eigenvalue weighted by Gasteiger charge is -2.32. The van der Waals surface area contributed by atoms with Crippen molar-refractivity contribution in [2.45, 2.75) is 31.7 Å². The zero-order valence-corrected chi connectivity index (χ0v) is 9.40. The molecule has 0 aliphatic rings. The van der Waals surface area contributed by atoms with Crippen molar-refractivity contribution in [3.63, 3.8) is 0 Å². The minimum atomic E-state index is -0.983. The van der Waals surface area contributed by atoms with Crippen molar-refractivity contribution in [1.82, 2.24) is 0 Å². The van der Waals surface area contributed by atoms with Gasteiger partial charge in [-0.2, -0.15) is 0 Å². The number of carboxylic acids is 1. The van der Waals surface area contributed by atoms with Crippen molar-refractivity contribution in [2.24, 2.45) is 5.73 Å². The van der Waals surface area contributed by atoms with E-state index < -0.39 is 23.2 Å². The third-order valence-corrected chi connectivity index (χ3v) is 3.01. The summed E-state index contributed by atoms with van der Waals surface area (Å²) in [5.41, 5.74) is 5.25. The third-order valence-electron chi connectivity index (χ3n) is 3.01. The van der Waals surface area contributed by atoms with Gasteiger partial charge >= 0.3 is 5.97 Å². The maximum absolute atomic E-state index is 13.6. The number of nitrogens with two attached hydrogens (primary N) is 1. The van der Waals surface area contributed by atoms with E-state index in [1.165, 1.54) is 6.07 Å². The molecule has 1 aromatic rings. The second-order valence-electron chi connectivity index (χ2n) is 4.26. The lowest BCUT2D eigenvalue weighted by molar-refractivity contribution is -0.138. The highest BCUT2D eigenvalue weighted by molar-refractivity contribution is 5.69. The first-order chi connectivity index (χ1) is 7.38. The van der Waals surface area contributed by atoms with Gasteiger partial charge in [0.15, 0.2) is 0 Å². The van der Waals surface area contributed by atoms with Crippen LogP contribution >= 0.6 is 0 Å². The highest BCUT2D eigenvalue weighted by Crippen LogP contribution is 2.32. The SMILES string of the molecule is CC(N)C(C)(CC(=O)O)c1ccccc1F. The average molecular weight is 225 g/mol. The van der Waals surface area contributed by atoms with E-state index in [1.54, 1.807) is 32.0 Å². The van der Waals surface area contributed by atoms with Gasteiger partial charge in [0.2, 0.25) is 0 Å². The molecule has 0 spiro atoms. The lowest BCUT2D eigenvalue weighted by atomic mass is 9.74. The number of carboxylic acid groups (broad SMARTS) is 1. The maximum atomic E-state index is 13.6. The van der Waals surface area contributed by atoms with E-state index in [9.17, 15) is 9.18 Å². The number of hydrogen-bond donors (Lipinski definition) is 2. The van der Waals surface area contributed by atoms with Gasteiger partial charge < -0.3 is 10.8 Å². The quantitative estimate of drug-likeness (QED) is 0.822. The summed E-state index contributed by atoms with van der Waals surface area (Å²) in [4.78, 5) is 10.8. The Kier molecular flexibility index (Phi) is 3.65. The average Bonchev–Trinajstić information content (AvgIpc) is 2.16. The molecular formula is C12H16FNO2.